The van der Waals surface area contributed by atoms with E-state index < -0.39 is 39.9 Å². The Morgan fingerprint density at radius 3 is 2.67 bits per heavy atom. The number of amides is 1. The van der Waals surface area contributed by atoms with Crippen LogP contribution in [0.15, 0.2) is 24.3 Å². The monoisotopic (exact) mass is 310 g/mol. The van der Waals surface area contributed by atoms with Gasteiger partial charge in [0.1, 0.15) is 18.0 Å². The van der Waals surface area contributed by atoms with E-state index in [4.69, 9.17) is 0 Å². The van der Waals surface area contributed by atoms with E-state index in [0.717, 1.165) is 5.56 Å². The molecule has 2 aromatic carbocycles. The maximum atomic E-state index is 14.6. The molecule has 0 aromatic heterocycles. The maximum absolute atomic E-state index is 14.6. The number of phenolic OH excluding ortho intramolecular Hbond substituents is 1. The summed E-state index contributed by atoms with van der Waals surface area (Å²) in [6.07, 6.45) is 0. The first-order chi connectivity index (χ1) is 9.79. The molecule has 1 fully saturated rings. The molecule has 8 heteroatoms. The molecule has 0 spiro atoms. The van der Waals surface area contributed by atoms with Gasteiger partial charge in [-0.2, -0.15) is 8.42 Å². The maximum Gasteiger partial charge on any atom is 0.326 e. The molecular weight excluding hydrogens is 299 g/mol. The van der Waals surface area contributed by atoms with E-state index in [1.807, 2.05) is 6.92 Å². The number of aromatic hydroxyl groups is 1. The van der Waals surface area contributed by atoms with Gasteiger partial charge in [0.25, 0.3) is 5.91 Å². The minimum atomic E-state index is -4.18. The normalized spacial score (nSPS) is 17.2. The summed E-state index contributed by atoms with van der Waals surface area (Å²) in [5.74, 6) is -2.20. The van der Waals surface area contributed by atoms with E-state index in [1.165, 1.54) is 12.1 Å². The highest BCUT2D eigenvalue weighted by Gasteiger charge is 2.37. The van der Waals surface area contributed by atoms with Crippen molar-refractivity contribution in [1.29, 1.82) is 0 Å². The number of fused-ring (bicyclic) bond motifs is 1. The average molecular weight is 310 g/mol. The van der Waals surface area contributed by atoms with Crippen LogP contribution in [0.4, 0.5) is 10.1 Å². The summed E-state index contributed by atoms with van der Waals surface area (Å²) < 4.78 is 40.4. The number of hydrogen-bond donors (Lipinski definition) is 2. The van der Waals surface area contributed by atoms with Gasteiger partial charge < -0.3 is 5.11 Å². The Morgan fingerprint density at radius 1 is 1.33 bits per heavy atom. The number of hydrogen-bond acceptors (Lipinski definition) is 4. The molecule has 0 radical (unpaired) electrons. The molecule has 2 aromatic rings. The van der Waals surface area contributed by atoms with Gasteiger partial charge in [0, 0.05) is 5.39 Å². The zero-order valence-corrected chi connectivity index (χ0v) is 11.7. The van der Waals surface area contributed by atoms with Crippen LogP contribution in [-0.2, 0) is 15.0 Å². The molecule has 1 saturated heterocycles. The van der Waals surface area contributed by atoms with Crippen LogP contribution in [0.5, 0.6) is 5.75 Å². The van der Waals surface area contributed by atoms with Gasteiger partial charge in [-0.1, -0.05) is 23.8 Å². The summed E-state index contributed by atoms with van der Waals surface area (Å²) in [4.78, 5) is 11.2. The molecule has 0 bridgehead atoms. The highest BCUT2D eigenvalue weighted by atomic mass is 32.2. The number of anilines is 1. The standard InChI is InChI=1S/C13H11FN2O4S/c1-7-2-3-9-8(4-7)5-10(17)13(12(9)14)16-6-11(18)15-21(16,19)20/h2-5,17H,6H2,1H3,(H,15,18). The van der Waals surface area contributed by atoms with Crippen molar-refractivity contribution in [3.63, 3.8) is 0 Å². The summed E-state index contributed by atoms with van der Waals surface area (Å²) in [5, 5.41) is 10.6. The first kappa shape index (κ1) is 13.6. The first-order valence-electron chi connectivity index (χ1n) is 6.05. The fraction of sp³-hybridized carbons (Fsp3) is 0.154. The molecule has 1 aliphatic rings. The van der Waals surface area contributed by atoms with Crippen LogP contribution in [0.3, 0.4) is 0 Å². The van der Waals surface area contributed by atoms with Crippen molar-refractivity contribution < 1.29 is 22.7 Å². The summed E-state index contributed by atoms with van der Waals surface area (Å²) in [6.45, 7) is 1.25. The lowest BCUT2D eigenvalue weighted by Gasteiger charge is -2.18. The van der Waals surface area contributed by atoms with Gasteiger partial charge in [-0.3, -0.25) is 4.79 Å². The second-order valence-corrected chi connectivity index (χ2v) is 6.41. The Labute approximate surface area is 120 Å². The Kier molecular flexibility index (Phi) is 2.80. The lowest BCUT2D eigenvalue weighted by Crippen LogP contribution is -2.30. The van der Waals surface area contributed by atoms with E-state index in [-0.39, 0.29) is 5.39 Å². The van der Waals surface area contributed by atoms with Crippen LogP contribution >= 0.6 is 0 Å². The highest BCUT2D eigenvalue weighted by molar-refractivity contribution is 7.92. The van der Waals surface area contributed by atoms with Gasteiger partial charge >= 0.3 is 10.2 Å². The van der Waals surface area contributed by atoms with Crippen molar-refractivity contribution in [3.8, 4) is 5.75 Å². The summed E-state index contributed by atoms with van der Waals surface area (Å²) in [6, 6.07) is 6.12. The number of nitrogens with zero attached hydrogens (tertiary/aromatic N) is 1. The smallest absolute Gasteiger partial charge is 0.326 e. The second-order valence-electron chi connectivity index (χ2n) is 4.82. The van der Waals surface area contributed by atoms with Gasteiger partial charge in [0.2, 0.25) is 0 Å². The van der Waals surface area contributed by atoms with Crippen LogP contribution in [0, 0.1) is 12.7 Å². The molecule has 0 unspecified atom stereocenters. The van der Waals surface area contributed by atoms with Gasteiger partial charge in [-0.25, -0.2) is 13.4 Å². The number of carbonyl (C=O) groups excluding carboxylic acids is 1. The minimum absolute atomic E-state index is 0.169. The zero-order chi connectivity index (χ0) is 15.4. The molecule has 0 aliphatic carbocycles. The molecule has 1 aliphatic heterocycles. The predicted octanol–water partition coefficient (Wildman–Crippen LogP) is 1.17. The van der Waals surface area contributed by atoms with Crippen LogP contribution in [0.25, 0.3) is 10.8 Å². The third kappa shape index (κ3) is 2.07. The Morgan fingerprint density at radius 2 is 2.05 bits per heavy atom. The summed E-state index contributed by atoms with van der Waals surface area (Å²) >= 11 is 0. The van der Waals surface area contributed by atoms with E-state index in [0.29, 0.717) is 9.69 Å². The van der Waals surface area contributed by atoms with Crippen molar-refractivity contribution in [2.24, 2.45) is 0 Å². The number of aryl methyl sites for hydroxylation is 1. The molecule has 1 amide bonds. The van der Waals surface area contributed by atoms with Crippen molar-refractivity contribution in [2.75, 3.05) is 10.8 Å². The summed E-state index contributed by atoms with van der Waals surface area (Å²) in [7, 11) is -4.18. The lowest BCUT2D eigenvalue weighted by molar-refractivity contribution is -0.117. The number of phenols is 1. The number of nitrogens with one attached hydrogen (secondary N) is 1. The molecule has 21 heavy (non-hydrogen) atoms. The minimum Gasteiger partial charge on any atom is -0.506 e. The predicted molar refractivity (Wildman–Crippen MR) is 74.7 cm³/mol. The molecule has 6 nitrogen and oxygen atoms in total. The Bertz CT molecular complexity index is 879. The molecule has 110 valence electrons. The SMILES string of the molecule is Cc1ccc2c(F)c(N3CC(=O)NS3(=O)=O)c(O)cc2c1. The largest absolute Gasteiger partial charge is 0.506 e. The lowest BCUT2D eigenvalue weighted by atomic mass is 10.1. The topological polar surface area (TPSA) is 86.7 Å². The molecule has 0 atom stereocenters. The Balaban J connectivity index is 2.29. The molecule has 0 saturated carbocycles. The molecule has 1 heterocycles. The van der Waals surface area contributed by atoms with Crippen molar-refractivity contribution in [2.45, 2.75) is 6.92 Å². The van der Waals surface area contributed by atoms with E-state index in [2.05, 4.69) is 0 Å². The van der Waals surface area contributed by atoms with Crippen molar-refractivity contribution >= 4 is 32.6 Å². The van der Waals surface area contributed by atoms with Gasteiger partial charge in [-0.05, 0) is 18.4 Å². The van der Waals surface area contributed by atoms with E-state index in [1.54, 1.807) is 16.9 Å². The molecule has 2 N–H and O–H groups in total. The van der Waals surface area contributed by atoms with Crippen LogP contribution in [-0.4, -0.2) is 26.0 Å². The van der Waals surface area contributed by atoms with Crippen LogP contribution in [0.1, 0.15) is 5.56 Å². The fourth-order valence-electron chi connectivity index (χ4n) is 2.34. The Hall–Kier alpha value is -2.35. The number of benzene rings is 2. The summed E-state index contributed by atoms with van der Waals surface area (Å²) in [5.41, 5.74) is 0.351. The molecule has 3 rings (SSSR count). The zero-order valence-electron chi connectivity index (χ0n) is 10.9. The van der Waals surface area contributed by atoms with Crippen LogP contribution < -0.4 is 9.03 Å². The third-order valence-corrected chi connectivity index (χ3v) is 4.63. The average Bonchev–Trinajstić information content (AvgIpc) is 2.62. The molecular formula is C13H11FN2O4S. The number of halogens is 1. The van der Waals surface area contributed by atoms with E-state index >= 15 is 0 Å². The number of carbonyl (C=O) groups is 1. The first-order valence-corrected chi connectivity index (χ1v) is 7.49. The highest BCUT2D eigenvalue weighted by Crippen LogP contribution is 2.38. The quantitative estimate of drug-likeness (QED) is 0.828. The van der Waals surface area contributed by atoms with Crippen molar-refractivity contribution in [1.82, 2.24) is 4.72 Å². The fourth-order valence-corrected chi connectivity index (χ4v) is 3.50. The van der Waals surface area contributed by atoms with Gasteiger partial charge in [0.05, 0.1) is 0 Å². The van der Waals surface area contributed by atoms with E-state index in [9.17, 15) is 22.7 Å². The third-order valence-electron chi connectivity index (χ3n) is 3.26. The van der Waals surface area contributed by atoms with Gasteiger partial charge in [-0.15, -0.1) is 0 Å². The van der Waals surface area contributed by atoms with Gasteiger partial charge in [0.15, 0.2) is 5.82 Å². The van der Waals surface area contributed by atoms with Crippen molar-refractivity contribution in [3.05, 3.63) is 35.6 Å². The second kappa shape index (κ2) is 4.32. The van der Waals surface area contributed by atoms with Crippen LogP contribution in [0.2, 0.25) is 0 Å². The number of rotatable bonds is 1.